The molecule has 0 bridgehead atoms. The fourth-order valence-corrected chi connectivity index (χ4v) is 1.74. The number of rotatable bonds is 1. The van der Waals surface area contributed by atoms with Crippen LogP contribution in [-0.2, 0) is 0 Å². The van der Waals surface area contributed by atoms with Gasteiger partial charge in [0.2, 0.25) is 0 Å². The summed E-state index contributed by atoms with van der Waals surface area (Å²) in [7, 11) is 0. The Balaban J connectivity index is 2.60. The summed E-state index contributed by atoms with van der Waals surface area (Å²) in [6.45, 7) is 6.23. The normalized spacial score (nSPS) is 10.5. The first-order valence-corrected chi connectivity index (χ1v) is 4.76. The van der Waals surface area contributed by atoms with Gasteiger partial charge in [-0.2, -0.15) is 0 Å². The molecule has 0 atom stereocenters. The van der Waals surface area contributed by atoms with Crippen LogP contribution in [0.4, 0.5) is 0 Å². The van der Waals surface area contributed by atoms with E-state index >= 15 is 0 Å². The van der Waals surface area contributed by atoms with E-state index in [2.05, 4.69) is 42.9 Å². The van der Waals surface area contributed by atoms with Gasteiger partial charge in [-0.15, -0.1) is 0 Å². The second kappa shape index (κ2) is 3.29. The zero-order chi connectivity index (χ0) is 10.1. The lowest BCUT2D eigenvalue weighted by Crippen LogP contribution is -1.87. The van der Waals surface area contributed by atoms with Gasteiger partial charge >= 0.3 is 0 Å². The third-order valence-electron chi connectivity index (χ3n) is 2.41. The third-order valence-corrected chi connectivity index (χ3v) is 2.41. The van der Waals surface area contributed by atoms with Crippen LogP contribution in [0.1, 0.15) is 17.0 Å². The molecule has 0 unspecified atom stereocenters. The molecule has 0 aliphatic carbocycles. The van der Waals surface area contributed by atoms with Gasteiger partial charge in [0.15, 0.2) is 0 Å². The summed E-state index contributed by atoms with van der Waals surface area (Å²) >= 11 is 0. The SMILES string of the molecule is Cc1cc(-c2ncccc2C)c(C)[nH]1. The molecule has 0 saturated heterocycles. The highest BCUT2D eigenvalue weighted by Crippen LogP contribution is 2.24. The number of H-pyrrole nitrogens is 1. The van der Waals surface area contributed by atoms with E-state index in [0.29, 0.717) is 0 Å². The molecule has 0 aliphatic rings. The van der Waals surface area contributed by atoms with Gasteiger partial charge < -0.3 is 4.98 Å². The first kappa shape index (κ1) is 9.00. The molecule has 0 spiro atoms. The van der Waals surface area contributed by atoms with E-state index in [0.717, 1.165) is 5.69 Å². The van der Waals surface area contributed by atoms with E-state index < -0.39 is 0 Å². The summed E-state index contributed by atoms with van der Waals surface area (Å²) < 4.78 is 0. The number of hydrogen-bond donors (Lipinski definition) is 1. The highest BCUT2D eigenvalue weighted by atomic mass is 14.7. The molecule has 14 heavy (non-hydrogen) atoms. The molecular weight excluding hydrogens is 172 g/mol. The number of aryl methyl sites for hydroxylation is 3. The third kappa shape index (κ3) is 1.43. The van der Waals surface area contributed by atoms with Crippen LogP contribution in [0.3, 0.4) is 0 Å². The maximum Gasteiger partial charge on any atom is 0.0749 e. The Morgan fingerprint density at radius 3 is 2.57 bits per heavy atom. The minimum atomic E-state index is 1.08. The maximum absolute atomic E-state index is 4.40. The predicted molar refractivity (Wildman–Crippen MR) is 58.2 cm³/mol. The van der Waals surface area contributed by atoms with E-state index in [1.54, 1.807) is 0 Å². The van der Waals surface area contributed by atoms with Crippen LogP contribution in [0.15, 0.2) is 24.4 Å². The predicted octanol–water partition coefficient (Wildman–Crippen LogP) is 3.00. The minimum Gasteiger partial charge on any atom is -0.362 e. The zero-order valence-corrected chi connectivity index (χ0v) is 8.76. The van der Waals surface area contributed by atoms with Crippen molar-refractivity contribution >= 4 is 0 Å². The molecule has 0 fully saturated rings. The standard InChI is InChI=1S/C12H14N2/c1-8-5-4-6-13-12(8)11-7-9(2)14-10(11)3/h4-7,14H,1-3H3. The second-order valence-corrected chi connectivity index (χ2v) is 3.66. The second-order valence-electron chi connectivity index (χ2n) is 3.66. The summed E-state index contributed by atoms with van der Waals surface area (Å²) in [5, 5.41) is 0. The monoisotopic (exact) mass is 186 g/mol. The van der Waals surface area contributed by atoms with Crippen LogP contribution < -0.4 is 0 Å². The van der Waals surface area contributed by atoms with Gasteiger partial charge in [0, 0.05) is 23.1 Å². The van der Waals surface area contributed by atoms with Crippen molar-refractivity contribution in [1.29, 1.82) is 0 Å². The Labute approximate surface area is 84.0 Å². The Bertz CT molecular complexity index is 455. The average Bonchev–Trinajstić information content (AvgIpc) is 2.46. The van der Waals surface area contributed by atoms with Crippen molar-refractivity contribution in [3.63, 3.8) is 0 Å². The zero-order valence-electron chi connectivity index (χ0n) is 8.76. The molecule has 0 saturated carbocycles. The first-order chi connectivity index (χ1) is 6.68. The van der Waals surface area contributed by atoms with Crippen LogP contribution in [0.2, 0.25) is 0 Å². The smallest absolute Gasteiger partial charge is 0.0749 e. The summed E-state index contributed by atoms with van der Waals surface area (Å²) in [6.07, 6.45) is 1.84. The molecule has 0 radical (unpaired) electrons. The molecule has 2 rings (SSSR count). The fraction of sp³-hybridized carbons (Fsp3) is 0.250. The molecule has 2 heterocycles. The highest BCUT2D eigenvalue weighted by molar-refractivity contribution is 5.66. The summed E-state index contributed by atoms with van der Waals surface area (Å²) in [6, 6.07) is 6.20. The number of aromatic nitrogens is 2. The van der Waals surface area contributed by atoms with Gasteiger partial charge in [-0.05, 0) is 38.5 Å². The number of nitrogens with one attached hydrogen (secondary N) is 1. The van der Waals surface area contributed by atoms with Crippen molar-refractivity contribution in [3.8, 4) is 11.3 Å². The minimum absolute atomic E-state index is 1.08. The van der Waals surface area contributed by atoms with Gasteiger partial charge in [-0.25, -0.2) is 0 Å². The number of aromatic amines is 1. The topological polar surface area (TPSA) is 28.7 Å². The van der Waals surface area contributed by atoms with Gasteiger partial charge in [0.25, 0.3) is 0 Å². The van der Waals surface area contributed by atoms with Crippen molar-refractivity contribution in [1.82, 2.24) is 9.97 Å². The van der Waals surface area contributed by atoms with Crippen LogP contribution in [-0.4, -0.2) is 9.97 Å². The molecule has 72 valence electrons. The highest BCUT2D eigenvalue weighted by Gasteiger charge is 2.07. The Kier molecular flexibility index (Phi) is 2.12. The molecule has 0 amide bonds. The van der Waals surface area contributed by atoms with E-state index in [1.165, 1.54) is 22.5 Å². The molecule has 0 aliphatic heterocycles. The number of hydrogen-bond acceptors (Lipinski definition) is 1. The van der Waals surface area contributed by atoms with Crippen molar-refractivity contribution in [3.05, 3.63) is 41.3 Å². The van der Waals surface area contributed by atoms with Crippen LogP contribution in [0.5, 0.6) is 0 Å². The lowest BCUT2D eigenvalue weighted by molar-refractivity contribution is 1.18. The van der Waals surface area contributed by atoms with Crippen molar-refractivity contribution in [2.24, 2.45) is 0 Å². The molecule has 2 aromatic rings. The summed E-state index contributed by atoms with van der Waals surface area (Å²) in [5.41, 5.74) is 5.87. The van der Waals surface area contributed by atoms with Crippen LogP contribution in [0, 0.1) is 20.8 Å². The van der Waals surface area contributed by atoms with Crippen molar-refractivity contribution in [2.75, 3.05) is 0 Å². The van der Waals surface area contributed by atoms with E-state index in [1.807, 2.05) is 12.3 Å². The van der Waals surface area contributed by atoms with Gasteiger partial charge in [0.05, 0.1) is 5.69 Å². The largest absolute Gasteiger partial charge is 0.362 e. The maximum atomic E-state index is 4.40. The van der Waals surface area contributed by atoms with Gasteiger partial charge in [0.1, 0.15) is 0 Å². The van der Waals surface area contributed by atoms with Crippen LogP contribution >= 0.6 is 0 Å². The lowest BCUT2D eigenvalue weighted by atomic mass is 10.1. The summed E-state index contributed by atoms with van der Waals surface area (Å²) in [5.74, 6) is 0. The van der Waals surface area contributed by atoms with Crippen molar-refractivity contribution < 1.29 is 0 Å². The van der Waals surface area contributed by atoms with Gasteiger partial charge in [-0.1, -0.05) is 6.07 Å². The number of nitrogens with zero attached hydrogens (tertiary/aromatic N) is 1. The average molecular weight is 186 g/mol. The number of pyridine rings is 1. The lowest BCUT2D eigenvalue weighted by Gasteiger charge is -2.02. The molecule has 2 nitrogen and oxygen atoms in total. The molecule has 2 aromatic heterocycles. The van der Waals surface area contributed by atoms with E-state index in [9.17, 15) is 0 Å². The van der Waals surface area contributed by atoms with Crippen LogP contribution in [0.25, 0.3) is 11.3 Å². The van der Waals surface area contributed by atoms with E-state index in [4.69, 9.17) is 0 Å². The molecule has 2 heteroatoms. The Morgan fingerprint density at radius 1 is 1.21 bits per heavy atom. The quantitative estimate of drug-likeness (QED) is 0.728. The van der Waals surface area contributed by atoms with Crippen molar-refractivity contribution in [2.45, 2.75) is 20.8 Å². The Morgan fingerprint density at radius 2 is 2.00 bits per heavy atom. The first-order valence-electron chi connectivity index (χ1n) is 4.76. The fourth-order valence-electron chi connectivity index (χ4n) is 1.74. The molecular formula is C12H14N2. The Hall–Kier alpha value is -1.57. The molecule has 1 N–H and O–H groups in total. The molecule has 0 aromatic carbocycles. The van der Waals surface area contributed by atoms with E-state index in [-0.39, 0.29) is 0 Å². The van der Waals surface area contributed by atoms with Gasteiger partial charge in [-0.3, -0.25) is 4.98 Å². The summed E-state index contributed by atoms with van der Waals surface area (Å²) in [4.78, 5) is 7.70.